The molecule has 0 saturated heterocycles. The van der Waals surface area contributed by atoms with Crippen molar-refractivity contribution in [1.29, 1.82) is 0 Å². The number of nitrogens with zero attached hydrogens (tertiary/aromatic N) is 1. The number of carbonyl (C=O) groups is 1. The van der Waals surface area contributed by atoms with Gasteiger partial charge in [-0.05, 0) is 47.9 Å². The number of halogens is 1. The van der Waals surface area contributed by atoms with E-state index in [-0.39, 0.29) is 0 Å². The van der Waals surface area contributed by atoms with Crippen LogP contribution in [0.4, 0.5) is 10.5 Å². The number of hydrogen-bond acceptors (Lipinski definition) is 1. The Kier molecular flexibility index (Phi) is 4.07. The number of benzene rings is 1. The largest absolute Gasteiger partial charge is 0.321 e. The molecule has 18 heavy (non-hydrogen) atoms. The molecule has 3 heteroatoms. The SMILES string of the molecule is C=CCN(C(=O)Cl)c1c(CC)cccc1C1CC1. The van der Waals surface area contributed by atoms with Crippen LogP contribution in [0.25, 0.3) is 0 Å². The molecule has 1 saturated carbocycles. The van der Waals surface area contributed by atoms with E-state index in [1.54, 1.807) is 11.0 Å². The summed E-state index contributed by atoms with van der Waals surface area (Å²) in [6, 6.07) is 6.25. The summed E-state index contributed by atoms with van der Waals surface area (Å²) in [7, 11) is 0. The van der Waals surface area contributed by atoms with Gasteiger partial charge in [-0.25, -0.2) is 0 Å². The molecule has 0 heterocycles. The molecule has 0 unspecified atom stereocenters. The molecule has 1 amide bonds. The van der Waals surface area contributed by atoms with Gasteiger partial charge in [-0.1, -0.05) is 31.2 Å². The van der Waals surface area contributed by atoms with Gasteiger partial charge in [0, 0.05) is 6.54 Å². The van der Waals surface area contributed by atoms with Crippen LogP contribution in [0.1, 0.15) is 36.8 Å². The lowest BCUT2D eigenvalue weighted by atomic mass is 10.0. The third kappa shape index (κ3) is 2.59. The minimum Gasteiger partial charge on any atom is -0.295 e. The first-order chi connectivity index (χ1) is 8.69. The zero-order chi connectivity index (χ0) is 13.1. The second kappa shape index (κ2) is 5.57. The molecule has 2 rings (SSSR count). The molecule has 0 radical (unpaired) electrons. The maximum atomic E-state index is 11.6. The molecule has 1 aromatic carbocycles. The fourth-order valence-electron chi connectivity index (χ4n) is 2.33. The van der Waals surface area contributed by atoms with Gasteiger partial charge in [0.2, 0.25) is 0 Å². The molecule has 0 atom stereocenters. The van der Waals surface area contributed by atoms with Gasteiger partial charge in [0.1, 0.15) is 0 Å². The van der Waals surface area contributed by atoms with Crippen molar-refractivity contribution < 1.29 is 4.79 Å². The van der Waals surface area contributed by atoms with Gasteiger partial charge in [-0.15, -0.1) is 6.58 Å². The van der Waals surface area contributed by atoms with Crippen LogP contribution in [0.3, 0.4) is 0 Å². The summed E-state index contributed by atoms with van der Waals surface area (Å²) in [5, 5.41) is -0.433. The fourth-order valence-corrected chi connectivity index (χ4v) is 2.48. The molecule has 2 nitrogen and oxygen atoms in total. The van der Waals surface area contributed by atoms with Crippen molar-refractivity contribution in [3.8, 4) is 0 Å². The summed E-state index contributed by atoms with van der Waals surface area (Å²) >= 11 is 5.72. The summed E-state index contributed by atoms with van der Waals surface area (Å²) in [6.45, 7) is 6.26. The van der Waals surface area contributed by atoms with Gasteiger partial charge in [0.05, 0.1) is 5.69 Å². The molecule has 0 aromatic heterocycles. The van der Waals surface area contributed by atoms with Crippen LogP contribution in [0.2, 0.25) is 0 Å². The van der Waals surface area contributed by atoms with Crippen LogP contribution < -0.4 is 4.90 Å². The van der Waals surface area contributed by atoms with Crippen LogP contribution in [0, 0.1) is 0 Å². The van der Waals surface area contributed by atoms with Crippen molar-refractivity contribution in [3.63, 3.8) is 0 Å². The van der Waals surface area contributed by atoms with Crippen molar-refractivity contribution in [1.82, 2.24) is 0 Å². The zero-order valence-corrected chi connectivity index (χ0v) is 11.4. The Balaban J connectivity index is 2.50. The highest BCUT2D eigenvalue weighted by atomic mass is 35.5. The molecule has 0 spiro atoms. The predicted octanol–water partition coefficient (Wildman–Crippen LogP) is 4.48. The molecule has 0 aliphatic heterocycles. The Bertz CT molecular complexity index is 466. The maximum Gasteiger partial charge on any atom is 0.321 e. The predicted molar refractivity (Wildman–Crippen MR) is 76.6 cm³/mol. The van der Waals surface area contributed by atoms with Crippen molar-refractivity contribution in [2.24, 2.45) is 0 Å². The number of hydrogen-bond donors (Lipinski definition) is 0. The second-order valence-electron chi connectivity index (χ2n) is 4.64. The minimum atomic E-state index is -0.433. The number of aryl methyl sites for hydroxylation is 1. The minimum absolute atomic E-state index is 0.433. The first kappa shape index (κ1) is 13.2. The third-order valence-corrected chi connectivity index (χ3v) is 3.55. The van der Waals surface area contributed by atoms with Gasteiger partial charge < -0.3 is 0 Å². The Morgan fingerprint density at radius 1 is 1.56 bits per heavy atom. The van der Waals surface area contributed by atoms with Crippen LogP contribution in [0.15, 0.2) is 30.9 Å². The molecule has 0 bridgehead atoms. The highest BCUT2D eigenvalue weighted by Gasteiger charge is 2.29. The van der Waals surface area contributed by atoms with Crippen molar-refractivity contribution in [3.05, 3.63) is 42.0 Å². The molecule has 1 aromatic rings. The number of anilines is 1. The highest BCUT2D eigenvalue weighted by Crippen LogP contribution is 2.45. The second-order valence-corrected chi connectivity index (χ2v) is 4.96. The lowest BCUT2D eigenvalue weighted by molar-refractivity contribution is 0.264. The molecule has 96 valence electrons. The third-order valence-electron chi connectivity index (χ3n) is 3.34. The molecular formula is C15H18ClNO. The van der Waals surface area contributed by atoms with Crippen molar-refractivity contribution in [2.45, 2.75) is 32.1 Å². The molecule has 1 aliphatic rings. The maximum absolute atomic E-state index is 11.6. The summed E-state index contributed by atoms with van der Waals surface area (Å²) in [5.74, 6) is 0.592. The van der Waals surface area contributed by atoms with Gasteiger partial charge in [-0.2, -0.15) is 0 Å². The van der Waals surface area contributed by atoms with E-state index in [1.807, 2.05) is 0 Å². The molecular weight excluding hydrogens is 246 g/mol. The van der Waals surface area contributed by atoms with Crippen LogP contribution in [0.5, 0.6) is 0 Å². The first-order valence-electron chi connectivity index (χ1n) is 6.38. The van der Waals surface area contributed by atoms with Gasteiger partial charge in [0.25, 0.3) is 0 Å². The summed E-state index contributed by atoms with van der Waals surface area (Å²) < 4.78 is 0. The van der Waals surface area contributed by atoms with Gasteiger partial charge in [0.15, 0.2) is 0 Å². The van der Waals surface area contributed by atoms with E-state index in [4.69, 9.17) is 11.6 Å². The summed E-state index contributed by atoms with van der Waals surface area (Å²) in [4.78, 5) is 13.3. The van der Waals surface area contributed by atoms with Crippen molar-refractivity contribution in [2.75, 3.05) is 11.4 Å². The topological polar surface area (TPSA) is 20.3 Å². The molecule has 0 N–H and O–H groups in total. The van der Waals surface area contributed by atoms with E-state index in [0.29, 0.717) is 12.5 Å². The van der Waals surface area contributed by atoms with E-state index < -0.39 is 5.37 Å². The van der Waals surface area contributed by atoms with Crippen LogP contribution in [-0.4, -0.2) is 11.9 Å². The molecule has 1 fully saturated rings. The average Bonchev–Trinajstić information content (AvgIpc) is 3.19. The smallest absolute Gasteiger partial charge is 0.295 e. The highest BCUT2D eigenvalue weighted by molar-refractivity contribution is 6.66. The quantitative estimate of drug-likeness (QED) is 0.436. The Hall–Kier alpha value is -1.28. The number of rotatable bonds is 5. The number of para-hydroxylation sites is 1. The first-order valence-corrected chi connectivity index (χ1v) is 6.76. The van der Waals surface area contributed by atoms with E-state index >= 15 is 0 Å². The standard InChI is InChI=1S/C15H18ClNO/c1-3-10-17(15(16)18)14-11(4-2)6-5-7-13(14)12-8-9-12/h3,5-7,12H,1,4,8-10H2,2H3. The average molecular weight is 264 g/mol. The molecule has 1 aliphatic carbocycles. The number of amides is 1. The Morgan fingerprint density at radius 3 is 2.78 bits per heavy atom. The lowest BCUT2D eigenvalue weighted by Crippen LogP contribution is -2.28. The zero-order valence-electron chi connectivity index (χ0n) is 10.7. The summed E-state index contributed by atoms with van der Waals surface area (Å²) in [5.41, 5.74) is 3.43. The lowest BCUT2D eigenvalue weighted by Gasteiger charge is -2.24. The normalized spacial score (nSPS) is 14.3. The van der Waals surface area contributed by atoms with Gasteiger partial charge in [-0.3, -0.25) is 9.69 Å². The summed E-state index contributed by atoms with van der Waals surface area (Å²) in [6.07, 6.45) is 5.02. The van der Waals surface area contributed by atoms with Gasteiger partial charge >= 0.3 is 5.37 Å². The Labute approximate surface area is 113 Å². The Morgan fingerprint density at radius 2 is 2.28 bits per heavy atom. The van der Waals surface area contributed by atoms with Crippen LogP contribution >= 0.6 is 11.6 Å². The van der Waals surface area contributed by atoms with E-state index in [9.17, 15) is 4.79 Å². The monoisotopic (exact) mass is 263 g/mol. The van der Waals surface area contributed by atoms with E-state index in [1.165, 1.54) is 24.0 Å². The van der Waals surface area contributed by atoms with Crippen LogP contribution in [-0.2, 0) is 6.42 Å². The van der Waals surface area contributed by atoms with Crippen molar-refractivity contribution >= 4 is 22.7 Å². The van der Waals surface area contributed by atoms with E-state index in [2.05, 4.69) is 31.7 Å². The number of carbonyl (C=O) groups excluding carboxylic acids is 1. The fraction of sp³-hybridized carbons (Fsp3) is 0.400. The van der Waals surface area contributed by atoms with E-state index in [0.717, 1.165) is 12.1 Å².